The summed E-state index contributed by atoms with van der Waals surface area (Å²) < 4.78 is 41.7. The number of phenolic OH excluding ortho intramolecular Hbond substituents is 1. The van der Waals surface area contributed by atoms with Crippen molar-refractivity contribution in [1.82, 2.24) is 14.6 Å². The number of anilines is 1. The Labute approximate surface area is 190 Å². The van der Waals surface area contributed by atoms with Crippen molar-refractivity contribution in [2.24, 2.45) is 0 Å². The topological polar surface area (TPSA) is 123 Å². The van der Waals surface area contributed by atoms with E-state index in [0.717, 1.165) is 24.3 Å². The first kappa shape index (κ1) is 22.2. The second-order valence-corrected chi connectivity index (χ2v) is 7.53. The second-order valence-electron chi connectivity index (χ2n) is 6.74. The first-order valence-electron chi connectivity index (χ1n) is 9.06. The van der Waals surface area contributed by atoms with Crippen LogP contribution in [0.25, 0.3) is 16.9 Å². The Bertz CT molecular complexity index is 1410. The van der Waals surface area contributed by atoms with E-state index in [-0.39, 0.29) is 21.5 Å². The fraction of sp³-hybridized carbons (Fsp3) is 0.0500. The van der Waals surface area contributed by atoms with Crippen LogP contribution in [-0.2, 0) is 6.18 Å². The molecule has 2 heterocycles. The Morgan fingerprint density at radius 2 is 1.85 bits per heavy atom. The lowest BCUT2D eigenvalue weighted by Crippen LogP contribution is -2.16. The van der Waals surface area contributed by atoms with Crippen LogP contribution in [0, 0.1) is 10.1 Å². The van der Waals surface area contributed by atoms with Gasteiger partial charge in [0.25, 0.3) is 11.6 Å². The monoisotopic (exact) mass is 521 g/mol. The lowest BCUT2D eigenvalue weighted by Gasteiger charge is -2.11. The van der Waals surface area contributed by atoms with E-state index in [4.69, 9.17) is 0 Å². The molecule has 4 rings (SSSR count). The Morgan fingerprint density at radius 1 is 1.15 bits per heavy atom. The Kier molecular flexibility index (Phi) is 5.49. The van der Waals surface area contributed by atoms with Crippen molar-refractivity contribution in [3.8, 4) is 17.0 Å². The minimum atomic E-state index is -4.81. The second kappa shape index (κ2) is 8.16. The summed E-state index contributed by atoms with van der Waals surface area (Å²) in [5.41, 5.74) is -2.04. The van der Waals surface area contributed by atoms with E-state index in [0.29, 0.717) is 10.1 Å². The third-order valence-corrected chi connectivity index (χ3v) is 5.21. The van der Waals surface area contributed by atoms with Crippen molar-refractivity contribution < 1.29 is 28.0 Å². The summed E-state index contributed by atoms with van der Waals surface area (Å²) in [5.74, 6) is -1.45. The molecular weight excluding hydrogens is 511 g/mol. The summed E-state index contributed by atoms with van der Waals surface area (Å²) in [7, 11) is 0. The van der Waals surface area contributed by atoms with Gasteiger partial charge in [0.15, 0.2) is 17.0 Å². The molecule has 13 heteroatoms. The summed E-state index contributed by atoms with van der Waals surface area (Å²) in [4.78, 5) is 27.1. The number of nitrogens with one attached hydrogen (secondary N) is 1. The van der Waals surface area contributed by atoms with E-state index in [2.05, 4.69) is 31.3 Å². The van der Waals surface area contributed by atoms with Crippen LogP contribution < -0.4 is 5.32 Å². The summed E-state index contributed by atoms with van der Waals surface area (Å²) >= 11 is 3.09. The zero-order valence-corrected chi connectivity index (χ0v) is 17.8. The van der Waals surface area contributed by atoms with Crippen LogP contribution in [0.15, 0.2) is 59.1 Å². The molecule has 2 N–H and O–H groups in total. The van der Waals surface area contributed by atoms with Crippen molar-refractivity contribution in [3.63, 3.8) is 0 Å². The number of halogens is 4. The zero-order valence-electron chi connectivity index (χ0n) is 16.2. The molecule has 0 unspecified atom stereocenters. The summed E-state index contributed by atoms with van der Waals surface area (Å²) in [6.45, 7) is 0. The highest BCUT2D eigenvalue weighted by Gasteiger charge is 2.36. The highest BCUT2D eigenvalue weighted by Crippen LogP contribution is 2.35. The number of carbonyl (C=O) groups excluding carboxylic acids is 1. The maximum atomic E-state index is 13.8. The number of nitro benzene ring substituents is 1. The molecule has 33 heavy (non-hydrogen) atoms. The summed E-state index contributed by atoms with van der Waals surface area (Å²) in [6, 6.07) is 11.9. The molecular formula is C20H11BrF3N5O4. The summed E-state index contributed by atoms with van der Waals surface area (Å²) in [5, 5.41) is 26.6. The van der Waals surface area contributed by atoms with Gasteiger partial charge < -0.3 is 10.4 Å². The molecule has 0 spiro atoms. The third-order valence-electron chi connectivity index (χ3n) is 4.48. The molecule has 2 aromatic heterocycles. The minimum Gasteiger partial charge on any atom is -0.508 e. The van der Waals surface area contributed by atoms with Crippen LogP contribution in [0.2, 0.25) is 0 Å². The number of benzene rings is 2. The molecule has 0 saturated carbocycles. The number of carbonyl (C=O) groups is 1. The van der Waals surface area contributed by atoms with Crippen LogP contribution in [0.5, 0.6) is 5.75 Å². The number of amides is 1. The number of nitrogens with zero attached hydrogens (tertiary/aromatic N) is 4. The first-order chi connectivity index (χ1) is 15.5. The van der Waals surface area contributed by atoms with Gasteiger partial charge in [-0.2, -0.15) is 18.3 Å². The predicted octanol–water partition coefficient (Wildman–Crippen LogP) is 5.04. The van der Waals surface area contributed by atoms with Crippen LogP contribution in [0.1, 0.15) is 16.2 Å². The van der Waals surface area contributed by atoms with Gasteiger partial charge in [-0.1, -0.05) is 30.3 Å². The fourth-order valence-electron chi connectivity index (χ4n) is 3.06. The average Bonchev–Trinajstić information content (AvgIpc) is 3.09. The van der Waals surface area contributed by atoms with Gasteiger partial charge in [0.05, 0.1) is 26.8 Å². The SMILES string of the molecule is O=C(Nc1cc(O)cc([N+](=O)[O-])c1)c1nn2c(C(F)(F)F)cc(-c3ccccc3)nc2c1Br. The minimum absolute atomic E-state index is 0.0200. The highest BCUT2D eigenvalue weighted by atomic mass is 79.9. The van der Waals surface area contributed by atoms with Gasteiger partial charge in [0.1, 0.15) is 5.75 Å². The fourth-order valence-corrected chi connectivity index (χ4v) is 3.57. The number of aromatic hydroxyl groups is 1. The van der Waals surface area contributed by atoms with Crippen molar-refractivity contribution >= 4 is 38.9 Å². The molecule has 1 amide bonds. The average molecular weight is 522 g/mol. The molecule has 0 radical (unpaired) electrons. The molecule has 0 atom stereocenters. The number of nitro groups is 1. The largest absolute Gasteiger partial charge is 0.508 e. The van der Waals surface area contributed by atoms with E-state index in [1.165, 1.54) is 0 Å². The Hall–Kier alpha value is -4.00. The predicted molar refractivity (Wildman–Crippen MR) is 114 cm³/mol. The van der Waals surface area contributed by atoms with Crippen molar-refractivity contribution in [2.45, 2.75) is 6.18 Å². The molecule has 4 aromatic rings. The molecule has 9 nitrogen and oxygen atoms in total. The number of non-ortho nitro benzene ring substituents is 1. The molecule has 0 bridgehead atoms. The van der Waals surface area contributed by atoms with Gasteiger partial charge >= 0.3 is 6.18 Å². The van der Waals surface area contributed by atoms with E-state index in [1.807, 2.05) is 0 Å². The van der Waals surface area contributed by atoms with Crippen molar-refractivity contribution in [1.29, 1.82) is 0 Å². The zero-order chi connectivity index (χ0) is 23.9. The maximum absolute atomic E-state index is 13.8. The van der Waals surface area contributed by atoms with Gasteiger partial charge in [-0.05, 0) is 22.0 Å². The lowest BCUT2D eigenvalue weighted by molar-refractivity contribution is -0.384. The number of alkyl halides is 3. The van der Waals surface area contributed by atoms with Crippen LogP contribution in [0.4, 0.5) is 24.5 Å². The van der Waals surface area contributed by atoms with E-state index >= 15 is 0 Å². The number of phenols is 1. The van der Waals surface area contributed by atoms with Gasteiger partial charge in [0, 0.05) is 17.7 Å². The van der Waals surface area contributed by atoms with Crippen LogP contribution in [-0.4, -0.2) is 30.5 Å². The summed E-state index contributed by atoms with van der Waals surface area (Å²) in [6.07, 6.45) is -4.81. The van der Waals surface area contributed by atoms with Crippen LogP contribution in [0.3, 0.4) is 0 Å². The molecule has 168 valence electrons. The number of hydrogen-bond donors (Lipinski definition) is 2. The van der Waals surface area contributed by atoms with E-state index in [1.54, 1.807) is 30.3 Å². The van der Waals surface area contributed by atoms with Gasteiger partial charge in [-0.15, -0.1) is 0 Å². The van der Waals surface area contributed by atoms with Crippen molar-refractivity contribution in [3.05, 3.63) is 80.6 Å². The standard InChI is InChI=1S/C20H11BrF3N5O4/c21-16-17(19(31)25-11-6-12(29(32)33)8-13(30)7-11)27-28-15(20(22,23)24)9-14(26-18(16)28)10-4-2-1-3-5-10/h1-9,30H,(H,25,31). The molecule has 2 aromatic carbocycles. The molecule has 0 aliphatic carbocycles. The van der Waals surface area contributed by atoms with Crippen LogP contribution >= 0.6 is 15.9 Å². The number of aromatic nitrogens is 3. The van der Waals surface area contributed by atoms with Gasteiger partial charge in [0.2, 0.25) is 0 Å². The van der Waals surface area contributed by atoms with Gasteiger partial charge in [-0.25, -0.2) is 9.50 Å². The number of hydrogen-bond acceptors (Lipinski definition) is 6. The quantitative estimate of drug-likeness (QED) is 0.286. The first-order valence-corrected chi connectivity index (χ1v) is 9.85. The highest BCUT2D eigenvalue weighted by molar-refractivity contribution is 9.10. The Morgan fingerprint density at radius 3 is 2.48 bits per heavy atom. The third kappa shape index (κ3) is 4.35. The van der Waals surface area contributed by atoms with E-state index < -0.39 is 39.8 Å². The Balaban J connectivity index is 1.82. The molecule has 0 aliphatic rings. The van der Waals surface area contributed by atoms with Gasteiger partial charge in [-0.3, -0.25) is 14.9 Å². The van der Waals surface area contributed by atoms with E-state index in [9.17, 15) is 33.2 Å². The molecule has 0 saturated heterocycles. The molecule has 0 aliphatic heterocycles. The number of fused-ring (bicyclic) bond motifs is 1. The normalized spacial score (nSPS) is 11.5. The van der Waals surface area contributed by atoms with Crippen molar-refractivity contribution in [2.75, 3.05) is 5.32 Å². The molecule has 0 fully saturated rings. The lowest BCUT2D eigenvalue weighted by atomic mass is 10.1. The maximum Gasteiger partial charge on any atom is 0.433 e. The number of rotatable bonds is 4. The smallest absolute Gasteiger partial charge is 0.433 e.